The molecule has 1 aromatic carbocycles. The third-order valence-corrected chi connectivity index (χ3v) is 2.50. The zero-order valence-corrected chi connectivity index (χ0v) is 9.34. The van der Waals surface area contributed by atoms with Crippen LogP contribution in [0.2, 0.25) is 0 Å². The molecular weight excluding hydrogens is 214 g/mol. The molecule has 0 aliphatic heterocycles. The molecule has 0 aliphatic carbocycles. The summed E-state index contributed by atoms with van der Waals surface area (Å²) >= 11 is 0. The normalized spacial score (nSPS) is 10.6. The average Bonchev–Trinajstić information content (AvgIpc) is 2.70. The minimum absolute atomic E-state index is 0.548. The molecule has 0 radical (unpaired) electrons. The Kier molecular flexibility index (Phi) is 2.26. The first kappa shape index (κ1) is 9.84. The summed E-state index contributed by atoms with van der Waals surface area (Å²) in [6.45, 7) is 2.03. The summed E-state index contributed by atoms with van der Waals surface area (Å²) in [4.78, 5) is 11.1. The Morgan fingerprint density at radius 1 is 1.18 bits per heavy atom. The van der Waals surface area contributed by atoms with Gasteiger partial charge in [0.1, 0.15) is 12.1 Å². The number of nitrogens with one attached hydrogen (secondary N) is 1. The fourth-order valence-electron chi connectivity index (χ4n) is 1.78. The summed E-state index contributed by atoms with van der Waals surface area (Å²) in [7, 11) is 0. The summed E-state index contributed by atoms with van der Waals surface area (Å²) in [5.74, 6) is 1.32. The third kappa shape index (κ3) is 1.97. The summed E-state index contributed by atoms with van der Waals surface area (Å²) in [5, 5.41) is 1.13. The minimum Gasteiger partial charge on any atom is -0.439 e. The highest BCUT2D eigenvalue weighted by Gasteiger charge is 2.01. The highest BCUT2D eigenvalue weighted by molar-refractivity contribution is 5.81. The largest absolute Gasteiger partial charge is 0.439 e. The lowest BCUT2D eigenvalue weighted by Crippen LogP contribution is -1.87. The van der Waals surface area contributed by atoms with E-state index in [2.05, 4.69) is 21.0 Å². The predicted octanol–water partition coefficient (Wildman–Crippen LogP) is 3.06. The van der Waals surface area contributed by atoms with Crippen molar-refractivity contribution in [3.63, 3.8) is 0 Å². The molecule has 0 bridgehead atoms. The molecule has 0 spiro atoms. The number of H-pyrrole nitrogens is 1. The lowest BCUT2D eigenvalue weighted by molar-refractivity contribution is 0.462. The van der Waals surface area contributed by atoms with Crippen molar-refractivity contribution in [3.8, 4) is 11.6 Å². The monoisotopic (exact) mass is 225 g/mol. The number of aromatic nitrogens is 3. The van der Waals surface area contributed by atoms with E-state index in [1.54, 1.807) is 12.3 Å². The topological polar surface area (TPSA) is 50.8 Å². The Labute approximate surface area is 98.3 Å². The van der Waals surface area contributed by atoms with E-state index in [4.69, 9.17) is 4.74 Å². The molecule has 4 heteroatoms. The number of hydrogen-bond donors (Lipinski definition) is 1. The van der Waals surface area contributed by atoms with Crippen molar-refractivity contribution in [3.05, 3.63) is 48.5 Å². The zero-order valence-electron chi connectivity index (χ0n) is 9.34. The fraction of sp³-hybridized carbons (Fsp3) is 0.0769. The molecule has 3 aromatic rings. The fourth-order valence-corrected chi connectivity index (χ4v) is 1.78. The second kappa shape index (κ2) is 3.90. The zero-order chi connectivity index (χ0) is 11.7. The lowest BCUT2D eigenvalue weighted by atomic mass is 10.2. The van der Waals surface area contributed by atoms with Crippen molar-refractivity contribution < 1.29 is 4.74 Å². The van der Waals surface area contributed by atoms with E-state index >= 15 is 0 Å². The standard InChI is InChI=1S/C13H11N3O/c1-9-6-10-7-11(2-3-12(10)16-9)17-13-4-5-14-8-15-13/h2-8,16H,1H3. The van der Waals surface area contributed by atoms with Gasteiger partial charge in [0.05, 0.1) is 0 Å². The predicted molar refractivity (Wildman–Crippen MR) is 65.1 cm³/mol. The van der Waals surface area contributed by atoms with Crippen LogP contribution in [0.3, 0.4) is 0 Å². The van der Waals surface area contributed by atoms with E-state index in [-0.39, 0.29) is 0 Å². The van der Waals surface area contributed by atoms with Gasteiger partial charge in [-0.2, -0.15) is 0 Å². The Morgan fingerprint density at radius 2 is 2.12 bits per heavy atom. The molecule has 0 atom stereocenters. The maximum Gasteiger partial charge on any atom is 0.222 e. The third-order valence-electron chi connectivity index (χ3n) is 2.50. The van der Waals surface area contributed by atoms with Gasteiger partial charge in [0.2, 0.25) is 5.88 Å². The number of rotatable bonds is 2. The van der Waals surface area contributed by atoms with E-state index in [0.29, 0.717) is 5.88 Å². The first-order valence-electron chi connectivity index (χ1n) is 5.34. The summed E-state index contributed by atoms with van der Waals surface area (Å²) in [5.41, 5.74) is 2.25. The molecule has 2 aromatic heterocycles. The van der Waals surface area contributed by atoms with E-state index in [1.165, 1.54) is 6.33 Å². The molecule has 0 unspecified atom stereocenters. The lowest BCUT2D eigenvalue weighted by Gasteiger charge is -2.03. The molecule has 0 fully saturated rings. The summed E-state index contributed by atoms with van der Waals surface area (Å²) < 4.78 is 5.63. The highest BCUT2D eigenvalue weighted by atomic mass is 16.5. The van der Waals surface area contributed by atoms with Crippen LogP contribution in [-0.4, -0.2) is 15.0 Å². The van der Waals surface area contributed by atoms with Crippen LogP contribution in [0.1, 0.15) is 5.69 Å². The van der Waals surface area contributed by atoms with E-state index in [1.807, 2.05) is 25.1 Å². The molecule has 2 heterocycles. The number of fused-ring (bicyclic) bond motifs is 1. The van der Waals surface area contributed by atoms with Crippen LogP contribution < -0.4 is 4.74 Å². The van der Waals surface area contributed by atoms with E-state index < -0.39 is 0 Å². The first-order valence-corrected chi connectivity index (χ1v) is 5.34. The second-order valence-corrected chi connectivity index (χ2v) is 3.85. The Bertz CT molecular complexity index is 646. The van der Waals surface area contributed by atoms with Crippen LogP contribution in [-0.2, 0) is 0 Å². The molecule has 1 N–H and O–H groups in total. The number of nitrogens with zero attached hydrogens (tertiary/aromatic N) is 2. The van der Waals surface area contributed by atoms with Gasteiger partial charge in [-0.25, -0.2) is 9.97 Å². The number of ether oxygens (including phenoxy) is 1. The molecule has 3 rings (SSSR count). The molecule has 0 amide bonds. The van der Waals surface area contributed by atoms with Gasteiger partial charge in [0.25, 0.3) is 0 Å². The maximum absolute atomic E-state index is 5.63. The molecule has 17 heavy (non-hydrogen) atoms. The van der Waals surface area contributed by atoms with Crippen LogP contribution in [0.5, 0.6) is 11.6 Å². The van der Waals surface area contributed by atoms with E-state index in [0.717, 1.165) is 22.3 Å². The minimum atomic E-state index is 0.548. The number of aromatic amines is 1. The van der Waals surface area contributed by atoms with Crippen molar-refractivity contribution in [2.45, 2.75) is 6.92 Å². The van der Waals surface area contributed by atoms with Gasteiger partial charge < -0.3 is 9.72 Å². The molecule has 0 saturated carbocycles. The maximum atomic E-state index is 5.63. The smallest absolute Gasteiger partial charge is 0.222 e. The van der Waals surface area contributed by atoms with Gasteiger partial charge in [-0.15, -0.1) is 0 Å². The van der Waals surface area contributed by atoms with Gasteiger partial charge in [0, 0.05) is 28.9 Å². The SMILES string of the molecule is Cc1cc2cc(Oc3ccncn3)ccc2[nH]1. The molecule has 4 nitrogen and oxygen atoms in total. The summed E-state index contributed by atoms with van der Waals surface area (Å²) in [6, 6.07) is 9.72. The van der Waals surface area contributed by atoms with Gasteiger partial charge in [-0.1, -0.05) is 0 Å². The van der Waals surface area contributed by atoms with Crippen LogP contribution in [0, 0.1) is 6.92 Å². The Hall–Kier alpha value is -2.36. The van der Waals surface area contributed by atoms with Crippen molar-refractivity contribution in [1.82, 2.24) is 15.0 Å². The van der Waals surface area contributed by atoms with Crippen LogP contribution in [0.25, 0.3) is 10.9 Å². The first-order chi connectivity index (χ1) is 8.31. The van der Waals surface area contributed by atoms with Crippen molar-refractivity contribution in [1.29, 1.82) is 0 Å². The van der Waals surface area contributed by atoms with Crippen LogP contribution in [0.15, 0.2) is 42.9 Å². The second-order valence-electron chi connectivity index (χ2n) is 3.85. The number of hydrogen-bond acceptors (Lipinski definition) is 3. The Morgan fingerprint density at radius 3 is 2.94 bits per heavy atom. The summed E-state index contributed by atoms with van der Waals surface area (Å²) in [6.07, 6.45) is 3.12. The van der Waals surface area contributed by atoms with Crippen molar-refractivity contribution in [2.24, 2.45) is 0 Å². The Balaban J connectivity index is 1.95. The van der Waals surface area contributed by atoms with Crippen LogP contribution in [0.4, 0.5) is 0 Å². The van der Waals surface area contributed by atoms with Crippen molar-refractivity contribution in [2.75, 3.05) is 0 Å². The number of aryl methyl sites for hydroxylation is 1. The molecular formula is C13H11N3O. The molecule has 0 aliphatic rings. The van der Waals surface area contributed by atoms with Gasteiger partial charge >= 0.3 is 0 Å². The average molecular weight is 225 g/mol. The van der Waals surface area contributed by atoms with Gasteiger partial charge in [-0.05, 0) is 31.2 Å². The highest BCUT2D eigenvalue weighted by Crippen LogP contribution is 2.24. The van der Waals surface area contributed by atoms with Crippen LogP contribution >= 0.6 is 0 Å². The van der Waals surface area contributed by atoms with Crippen molar-refractivity contribution >= 4 is 10.9 Å². The number of benzene rings is 1. The molecule has 84 valence electrons. The quantitative estimate of drug-likeness (QED) is 0.729. The van der Waals surface area contributed by atoms with Gasteiger partial charge in [0.15, 0.2) is 0 Å². The van der Waals surface area contributed by atoms with E-state index in [9.17, 15) is 0 Å². The molecule has 0 saturated heterocycles. The van der Waals surface area contributed by atoms with Gasteiger partial charge in [-0.3, -0.25) is 0 Å².